The van der Waals surface area contributed by atoms with Gasteiger partial charge >= 0.3 is 0 Å². The standard InChI is InChI=1S/C26H26N6O2/c1-31-11-9-20-18(6-10-27-26(20)31)21-15-29-25(24-19(21)3-4-22(24)34)30-23-5-2-16(14-28-23)32-12-7-17(33)8-13-32/h2,5-6,9-11,14-15,17,33H,3-4,7-8,12-13H2,1H3,(H,28,29,30). The van der Waals surface area contributed by atoms with Crippen molar-refractivity contribution in [3.63, 3.8) is 0 Å². The number of aryl methyl sites for hydroxylation is 1. The second kappa shape index (κ2) is 8.22. The number of ketones is 1. The molecular formula is C26H26N6O2. The first-order valence-corrected chi connectivity index (χ1v) is 11.7. The van der Waals surface area contributed by atoms with Gasteiger partial charge in [-0.1, -0.05) is 0 Å². The Morgan fingerprint density at radius 3 is 2.65 bits per heavy atom. The molecule has 0 unspecified atom stereocenters. The first kappa shape index (κ1) is 20.8. The Bertz CT molecular complexity index is 1390. The minimum Gasteiger partial charge on any atom is -0.393 e. The van der Waals surface area contributed by atoms with E-state index >= 15 is 0 Å². The van der Waals surface area contributed by atoms with Crippen molar-refractivity contribution in [3.8, 4) is 11.1 Å². The zero-order valence-corrected chi connectivity index (χ0v) is 19.0. The molecule has 34 heavy (non-hydrogen) atoms. The van der Waals surface area contributed by atoms with Crippen LogP contribution in [-0.4, -0.2) is 49.6 Å². The Hall–Kier alpha value is -3.78. The molecule has 5 heterocycles. The van der Waals surface area contributed by atoms with Crippen molar-refractivity contribution >= 4 is 34.1 Å². The highest BCUT2D eigenvalue weighted by Crippen LogP contribution is 2.38. The molecule has 0 atom stereocenters. The van der Waals surface area contributed by atoms with Gasteiger partial charge in [-0.25, -0.2) is 15.0 Å². The van der Waals surface area contributed by atoms with Gasteiger partial charge in [-0.05, 0) is 54.7 Å². The number of hydrogen-bond acceptors (Lipinski definition) is 7. The third-order valence-electron chi connectivity index (χ3n) is 6.95. The third kappa shape index (κ3) is 3.51. The summed E-state index contributed by atoms with van der Waals surface area (Å²) in [5.41, 5.74) is 5.67. The summed E-state index contributed by atoms with van der Waals surface area (Å²) < 4.78 is 1.99. The highest BCUT2D eigenvalue weighted by Gasteiger charge is 2.28. The fraction of sp³-hybridized carbons (Fsp3) is 0.308. The average molecular weight is 455 g/mol. The number of piperidine rings is 1. The molecule has 1 saturated heterocycles. The van der Waals surface area contributed by atoms with Gasteiger partial charge in [0.1, 0.15) is 17.3 Å². The van der Waals surface area contributed by atoms with E-state index in [2.05, 4.69) is 31.2 Å². The Morgan fingerprint density at radius 1 is 1.00 bits per heavy atom. The lowest BCUT2D eigenvalue weighted by Gasteiger charge is -2.31. The van der Waals surface area contributed by atoms with Crippen molar-refractivity contribution < 1.29 is 9.90 Å². The number of anilines is 3. The number of nitrogens with one attached hydrogen (secondary N) is 1. The number of fused-ring (bicyclic) bond motifs is 2. The van der Waals surface area contributed by atoms with Crippen LogP contribution >= 0.6 is 0 Å². The van der Waals surface area contributed by atoms with Crippen molar-refractivity contribution in [1.29, 1.82) is 0 Å². The van der Waals surface area contributed by atoms with Crippen molar-refractivity contribution in [3.05, 3.63) is 60.2 Å². The van der Waals surface area contributed by atoms with Gasteiger partial charge in [0.2, 0.25) is 0 Å². The average Bonchev–Trinajstić information content (AvgIpc) is 3.44. The zero-order chi connectivity index (χ0) is 23.2. The molecule has 8 heteroatoms. The first-order chi connectivity index (χ1) is 16.6. The molecule has 1 aliphatic carbocycles. The summed E-state index contributed by atoms with van der Waals surface area (Å²) in [6, 6.07) is 7.99. The third-order valence-corrected chi connectivity index (χ3v) is 6.95. The van der Waals surface area contributed by atoms with Crippen molar-refractivity contribution in [1.82, 2.24) is 19.5 Å². The maximum Gasteiger partial charge on any atom is 0.167 e. The molecule has 172 valence electrons. The number of rotatable bonds is 4. The van der Waals surface area contributed by atoms with Crippen LogP contribution in [0.25, 0.3) is 22.2 Å². The number of aliphatic hydroxyl groups excluding tert-OH is 1. The van der Waals surface area contributed by atoms with E-state index in [-0.39, 0.29) is 11.9 Å². The van der Waals surface area contributed by atoms with E-state index in [1.54, 1.807) is 0 Å². The predicted octanol–water partition coefficient (Wildman–Crippen LogP) is 3.86. The van der Waals surface area contributed by atoms with Crippen LogP contribution < -0.4 is 10.2 Å². The molecule has 4 aromatic rings. The summed E-state index contributed by atoms with van der Waals surface area (Å²) in [4.78, 5) is 28.8. The van der Waals surface area contributed by atoms with E-state index in [0.29, 0.717) is 30.0 Å². The molecule has 1 aliphatic heterocycles. The molecule has 6 rings (SSSR count). The molecule has 0 spiro atoms. The van der Waals surface area contributed by atoms with E-state index in [1.807, 2.05) is 54.6 Å². The minimum atomic E-state index is -0.205. The fourth-order valence-electron chi connectivity index (χ4n) is 5.09. The van der Waals surface area contributed by atoms with Crippen molar-refractivity contribution in [2.24, 2.45) is 7.05 Å². The van der Waals surface area contributed by atoms with Crippen molar-refractivity contribution in [2.45, 2.75) is 31.8 Å². The maximum atomic E-state index is 12.9. The van der Waals surface area contributed by atoms with Crippen LogP contribution in [0.5, 0.6) is 0 Å². The monoisotopic (exact) mass is 454 g/mol. The highest BCUT2D eigenvalue weighted by atomic mass is 16.3. The summed E-state index contributed by atoms with van der Waals surface area (Å²) in [7, 11) is 1.98. The molecule has 2 aliphatic rings. The Balaban J connectivity index is 1.32. The lowest BCUT2D eigenvalue weighted by atomic mass is 9.97. The number of hydrogen-bond donors (Lipinski definition) is 2. The second-order valence-electron chi connectivity index (χ2n) is 9.06. The smallest absolute Gasteiger partial charge is 0.167 e. The lowest BCUT2D eigenvalue weighted by Crippen LogP contribution is -2.35. The summed E-state index contributed by atoms with van der Waals surface area (Å²) in [6.45, 7) is 1.65. The molecule has 4 aromatic heterocycles. The molecule has 2 N–H and O–H groups in total. The van der Waals surface area contributed by atoms with Gasteiger partial charge in [0.05, 0.1) is 23.6 Å². The largest absolute Gasteiger partial charge is 0.393 e. The molecule has 0 saturated carbocycles. The predicted molar refractivity (Wildman–Crippen MR) is 132 cm³/mol. The molecule has 1 fully saturated rings. The van der Waals surface area contributed by atoms with Gasteiger partial charge in [0, 0.05) is 56.1 Å². The van der Waals surface area contributed by atoms with E-state index in [4.69, 9.17) is 0 Å². The van der Waals surface area contributed by atoms with E-state index in [9.17, 15) is 9.90 Å². The van der Waals surface area contributed by atoms with Crippen LogP contribution in [-0.2, 0) is 13.5 Å². The van der Waals surface area contributed by atoms with Gasteiger partial charge in [0.15, 0.2) is 5.78 Å². The van der Waals surface area contributed by atoms with Gasteiger partial charge in [-0.2, -0.15) is 0 Å². The first-order valence-electron chi connectivity index (χ1n) is 11.7. The summed E-state index contributed by atoms with van der Waals surface area (Å²) in [5.74, 6) is 1.31. The highest BCUT2D eigenvalue weighted by molar-refractivity contribution is 6.08. The number of nitrogens with zero attached hydrogens (tertiary/aromatic N) is 5. The minimum absolute atomic E-state index is 0.105. The van der Waals surface area contributed by atoms with Crippen LogP contribution in [0.1, 0.15) is 35.2 Å². The Morgan fingerprint density at radius 2 is 1.85 bits per heavy atom. The summed E-state index contributed by atoms with van der Waals surface area (Å²) in [6.07, 6.45) is 10.0. The van der Waals surface area contributed by atoms with Gasteiger partial charge in [-0.3, -0.25) is 4.79 Å². The lowest BCUT2D eigenvalue weighted by molar-refractivity contribution is 0.0995. The molecule has 0 amide bonds. The number of Topliss-reactive ketones (excluding diaryl/α,β-unsaturated/α-hetero) is 1. The number of aliphatic hydroxyl groups is 1. The normalized spacial score (nSPS) is 16.3. The zero-order valence-electron chi connectivity index (χ0n) is 19.0. The Kier molecular flexibility index (Phi) is 5.03. The number of carbonyl (C=O) groups is 1. The number of pyridine rings is 3. The summed E-state index contributed by atoms with van der Waals surface area (Å²) in [5, 5.41) is 14.1. The van der Waals surface area contributed by atoms with E-state index < -0.39 is 0 Å². The molecule has 8 nitrogen and oxygen atoms in total. The molecule has 0 bridgehead atoms. The molecule has 0 radical (unpaired) electrons. The van der Waals surface area contributed by atoms with E-state index in [0.717, 1.165) is 59.3 Å². The second-order valence-corrected chi connectivity index (χ2v) is 9.06. The molecule has 0 aromatic carbocycles. The fourth-order valence-corrected chi connectivity index (χ4v) is 5.09. The van der Waals surface area contributed by atoms with Crippen LogP contribution in [0.4, 0.5) is 17.3 Å². The van der Waals surface area contributed by atoms with Crippen LogP contribution in [0, 0.1) is 0 Å². The Labute approximate surface area is 197 Å². The van der Waals surface area contributed by atoms with E-state index in [1.165, 1.54) is 0 Å². The summed E-state index contributed by atoms with van der Waals surface area (Å²) >= 11 is 0. The number of carbonyl (C=O) groups excluding carboxylic acids is 1. The van der Waals surface area contributed by atoms with Crippen LogP contribution in [0.15, 0.2) is 49.1 Å². The topological polar surface area (TPSA) is 96.2 Å². The van der Waals surface area contributed by atoms with Gasteiger partial charge in [-0.15, -0.1) is 0 Å². The molecular weight excluding hydrogens is 428 g/mol. The maximum absolute atomic E-state index is 12.9. The van der Waals surface area contributed by atoms with Crippen molar-refractivity contribution in [2.75, 3.05) is 23.3 Å². The number of aromatic nitrogens is 4. The van der Waals surface area contributed by atoms with Crippen LogP contribution in [0.3, 0.4) is 0 Å². The van der Waals surface area contributed by atoms with Crippen LogP contribution in [0.2, 0.25) is 0 Å². The quantitative estimate of drug-likeness (QED) is 0.483. The van der Waals surface area contributed by atoms with Gasteiger partial charge in [0.25, 0.3) is 0 Å². The van der Waals surface area contributed by atoms with Gasteiger partial charge < -0.3 is 19.9 Å². The SMILES string of the molecule is Cn1ccc2c(-c3cnc(Nc4ccc(N5CCC(O)CC5)cn4)c4c3CCC4=O)ccnc21.